The van der Waals surface area contributed by atoms with Crippen molar-refractivity contribution < 1.29 is 10.2 Å². The molecule has 0 saturated carbocycles. The van der Waals surface area contributed by atoms with Crippen LogP contribution in [0, 0.1) is 0 Å². The van der Waals surface area contributed by atoms with Crippen molar-refractivity contribution >= 4 is 21.6 Å². The summed E-state index contributed by atoms with van der Waals surface area (Å²) in [6.45, 7) is 0.0574. The zero-order valence-corrected chi connectivity index (χ0v) is 12.1. The number of rotatable bonds is 5. The van der Waals surface area contributed by atoms with Gasteiger partial charge >= 0.3 is 0 Å². The van der Waals surface area contributed by atoms with Crippen LogP contribution < -0.4 is 5.32 Å². The monoisotopic (exact) mass is 325 g/mol. The summed E-state index contributed by atoms with van der Waals surface area (Å²) in [7, 11) is 1.87. The number of aliphatic hydroxyl groups excluding tert-OH is 2. The van der Waals surface area contributed by atoms with E-state index in [1.807, 2.05) is 37.5 Å². The summed E-state index contributed by atoms with van der Waals surface area (Å²) in [5, 5.41) is 25.6. The number of aromatic nitrogens is 2. The maximum Gasteiger partial charge on any atom is 0.107 e. The Morgan fingerprint density at radius 1 is 1.47 bits per heavy atom. The standard InChI is InChI=1S/C13H16BrN3O2/c1-17-7-12(14)13(16-17)9-3-2-4-10(5-9)15-6-11(19)8-18/h2-5,7,11,15,18-19H,6,8H2,1H3. The molecule has 0 saturated heterocycles. The second-order valence-corrected chi connectivity index (χ2v) is 5.15. The molecule has 102 valence electrons. The van der Waals surface area contributed by atoms with Crippen LogP contribution in [0.5, 0.6) is 0 Å². The van der Waals surface area contributed by atoms with Gasteiger partial charge in [0.25, 0.3) is 0 Å². The van der Waals surface area contributed by atoms with E-state index in [1.165, 1.54) is 0 Å². The van der Waals surface area contributed by atoms with E-state index in [0.717, 1.165) is 21.4 Å². The van der Waals surface area contributed by atoms with E-state index in [2.05, 4.69) is 26.3 Å². The van der Waals surface area contributed by atoms with Crippen molar-refractivity contribution in [1.82, 2.24) is 9.78 Å². The first-order valence-electron chi connectivity index (χ1n) is 5.92. The summed E-state index contributed by atoms with van der Waals surface area (Å²) >= 11 is 3.47. The van der Waals surface area contributed by atoms with Crippen LogP contribution >= 0.6 is 15.9 Å². The third kappa shape index (κ3) is 3.56. The molecule has 0 aliphatic carbocycles. The number of hydrogen-bond acceptors (Lipinski definition) is 4. The third-order valence-electron chi connectivity index (χ3n) is 2.67. The van der Waals surface area contributed by atoms with E-state index in [0.29, 0.717) is 6.54 Å². The van der Waals surface area contributed by atoms with Gasteiger partial charge in [0, 0.05) is 31.0 Å². The summed E-state index contributed by atoms with van der Waals surface area (Å²) in [4.78, 5) is 0. The molecule has 0 amide bonds. The Labute approximate surface area is 120 Å². The first-order valence-corrected chi connectivity index (χ1v) is 6.72. The molecule has 1 unspecified atom stereocenters. The zero-order valence-electron chi connectivity index (χ0n) is 10.5. The quantitative estimate of drug-likeness (QED) is 0.781. The minimum absolute atomic E-state index is 0.252. The molecule has 0 radical (unpaired) electrons. The fraction of sp³-hybridized carbons (Fsp3) is 0.308. The van der Waals surface area contributed by atoms with Crippen molar-refractivity contribution in [2.24, 2.45) is 7.05 Å². The predicted octanol–water partition coefficient (Wildman–Crippen LogP) is 1.61. The number of halogens is 1. The highest BCUT2D eigenvalue weighted by molar-refractivity contribution is 9.10. The summed E-state index contributed by atoms with van der Waals surface area (Å²) < 4.78 is 2.68. The number of benzene rings is 1. The van der Waals surface area contributed by atoms with Crippen molar-refractivity contribution in [3.05, 3.63) is 34.9 Å². The zero-order chi connectivity index (χ0) is 13.8. The number of aryl methyl sites for hydroxylation is 1. The summed E-state index contributed by atoms with van der Waals surface area (Å²) in [6.07, 6.45) is 1.13. The molecule has 0 spiro atoms. The van der Waals surface area contributed by atoms with E-state index in [1.54, 1.807) is 4.68 Å². The van der Waals surface area contributed by atoms with Crippen LogP contribution in [0.1, 0.15) is 0 Å². The normalized spacial score (nSPS) is 12.4. The highest BCUT2D eigenvalue weighted by Crippen LogP contribution is 2.28. The molecular weight excluding hydrogens is 310 g/mol. The lowest BCUT2D eigenvalue weighted by atomic mass is 10.1. The third-order valence-corrected chi connectivity index (χ3v) is 3.25. The average molecular weight is 326 g/mol. The predicted molar refractivity (Wildman–Crippen MR) is 77.9 cm³/mol. The van der Waals surface area contributed by atoms with Crippen LogP contribution in [0.4, 0.5) is 5.69 Å². The second kappa shape index (κ2) is 6.18. The topological polar surface area (TPSA) is 70.3 Å². The summed E-state index contributed by atoms with van der Waals surface area (Å²) in [5.41, 5.74) is 2.73. The van der Waals surface area contributed by atoms with E-state index >= 15 is 0 Å². The van der Waals surface area contributed by atoms with Gasteiger partial charge in [0.2, 0.25) is 0 Å². The fourth-order valence-electron chi connectivity index (χ4n) is 1.73. The van der Waals surface area contributed by atoms with Gasteiger partial charge in [-0.2, -0.15) is 5.10 Å². The first-order chi connectivity index (χ1) is 9.10. The largest absolute Gasteiger partial charge is 0.394 e. The summed E-state index contributed by atoms with van der Waals surface area (Å²) in [6, 6.07) is 7.76. The Hall–Kier alpha value is -1.37. The Balaban J connectivity index is 2.17. The molecule has 1 heterocycles. The van der Waals surface area contributed by atoms with Gasteiger partial charge in [0.1, 0.15) is 5.69 Å². The van der Waals surface area contributed by atoms with Gasteiger partial charge in [0.05, 0.1) is 17.2 Å². The van der Waals surface area contributed by atoms with Crippen LogP contribution in [0.3, 0.4) is 0 Å². The van der Waals surface area contributed by atoms with Crippen LogP contribution in [0.15, 0.2) is 34.9 Å². The van der Waals surface area contributed by atoms with E-state index < -0.39 is 6.10 Å². The van der Waals surface area contributed by atoms with Gasteiger partial charge in [0.15, 0.2) is 0 Å². The molecular formula is C13H16BrN3O2. The molecule has 1 atom stereocenters. The lowest BCUT2D eigenvalue weighted by Gasteiger charge is -2.11. The van der Waals surface area contributed by atoms with Crippen LogP contribution in [-0.2, 0) is 7.05 Å². The maximum atomic E-state index is 9.32. The molecule has 3 N–H and O–H groups in total. The molecule has 5 nitrogen and oxygen atoms in total. The van der Waals surface area contributed by atoms with Crippen LogP contribution in [-0.4, -0.2) is 39.2 Å². The number of nitrogens with one attached hydrogen (secondary N) is 1. The highest BCUT2D eigenvalue weighted by atomic mass is 79.9. The van der Waals surface area contributed by atoms with Crippen LogP contribution in [0.2, 0.25) is 0 Å². The first kappa shape index (κ1) is 14.0. The maximum absolute atomic E-state index is 9.32. The van der Waals surface area contributed by atoms with Gasteiger partial charge in [-0.3, -0.25) is 4.68 Å². The summed E-state index contributed by atoms with van der Waals surface area (Å²) in [5.74, 6) is 0. The molecule has 0 fully saturated rings. The average Bonchev–Trinajstić information content (AvgIpc) is 2.75. The number of aliphatic hydroxyl groups is 2. The van der Waals surface area contributed by atoms with E-state index in [9.17, 15) is 5.11 Å². The Morgan fingerprint density at radius 3 is 2.89 bits per heavy atom. The van der Waals surface area contributed by atoms with Crippen molar-refractivity contribution in [1.29, 1.82) is 0 Å². The minimum Gasteiger partial charge on any atom is -0.394 e. The van der Waals surface area contributed by atoms with E-state index in [-0.39, 0.29) is 6.61 Å². The highest BCUT2D eigenvalue weighted by Gasteiger charge is 2.08. The Morgan fingerprint density at radius 2 is 2.26 bits per heavy atom. The second-order valence-electron chi connectivity index (χ2n) is 4.30. The molecule has 1 aromatic heterocycles. The molecule has 19 heavy (non-hydrogen) atoms. The number of hydrogen-bond donors (Lipinski definition) is 3. The van der Waals surface area contributed by atoms with Crippen molar-refractivity contribution in [2.75, 3.05) is 18.5 Å². The number of anilines is 1. The smallest absolute Gasteiger partial charge is 0.107 e. The van der Waals surface area contributed by atoms with Gasteiger partial charge in [-0.05, 0) is 28.1 Å². The molecule has 2 aromatic rings. The molecule has 1 aromatic carbocycles. The molecule has 2 rings (SSSR count). The Kier molecular flexibility index (Phi) is 4.57. The lowest BCUT2D eigenvalue weighted by Crippen LogP contribution is -2.22. The van der Waals surface area contributed by atoms with Gasteiger partial charge < -0.3 is 15.5 Å². The minimum atomic E-state index is -0.759. The molecule has 6 heteroatoms. The van der Waals surface area contributed by atoms with E-state index in [4.69, 9.17) is 5.11 Å². The van der Waals surface area contributed by atoms with Gasteiger partial charge in [-0.1, -0.05) is 12.1 Å². The molecule has 0 aliphatic heterocycles. The Bertz CT molecular complexity index is 557. The van der Waals surface area contributed by atoms with Crippen molar-refractivity contribution in [2.45, 2.75) is 6.10 Å². The van der Waals surface area contributed by atoms with Crippen LogP contribution in [0.25, 0.3) is 11.3 Å². The molecule has 0 aliphatic rings. The van der Waals surface area contributed by atoms with Gasteiger partial charge in [-0.25, -0.2) is 0 Å². The fourth-order valence-corrected chi connectivity index (χ4v) is 2.34. The van der Waals surface area contributed by atoms with Crippen molar-refractivity contribution in [3.8, 4) is 11.3 Å². The lowest BCUT2D eigenvalue weighted by molar-refractivity contribution is 0.105. The SMILES string of the molecule is Cn1cc(Br)c(-c2cccc(NCC(O)CO)c2)n1. The molecule has 0 bridgehead atoms. The van der Waals surface area contributed by atoms with Crippen molar-refractivity contribution in [3.63, 3.8) is 0 Å². The number of nitrogens with zero attached hydrogens (tertiary/aromatic N) is 2. The van der Waals surface area contributed by atoms with Gasteiger partial charge in [-0.15, -0.1) is 0 Å².